The Kier molecular flexibility index (Phi) is 8.55. The van der Waals surface area contributed by atoms with Gasteiger partial charge in [0.15, 0.2) is 5.82 Å². The van der Waals surface area contributed by atoms with E-state index in [1.165, 1.54) is 82.4 Å². The van der Waals surface area contributed by atoms with Crippen molar-refractivity contribution < 1.29 is 0 Å². The van der Waals surface area contributed by atoms with E-state index in [2.05, 4.69) is 232 Å². The van der Waals surface area contributed by atoms with Crippen molar-refractivity contribution in [3.05, 3.63) is 230 Å². The second kappa shape index (κ2) is 14.6. The van der Waals surface area contributed by atoms with Crippen LogP contribution in [0.15, 0.2) is 218 Å². The SMILES string of the molecule is CC1(C)c2ccccc2-c2cccc(-c3ccc(-c4cc(-c5ccc(-c6c7ccccc7cc7c6ccc6ccccc67)cc5)nc(-c5ccc(-c6ccccc6)cc5)n4)cc3)c21. The average Bonchev–Trinajstić information content (AvgIpc) is 3.59. The van der Waals surface area contributed by atoms with Crippen LogP contribution in [0.25, 0.3) is 111 Å². The lowest BCUT2D eigenvalue weighted by Gasteiger charge is -2.24. The molecule has 0 bridgehead atoms. The van der Waals surface area contributed by atoms with E-state index < -0.39 is 0 Å². The molecule has 0 atom stereocenters. The zero-order valence-corrected chi connectivity index (χ0v) is 35.2. The first kappa shape index (κ1) is 36.9. The van der Waals surface area contributed by atoms with Crippen LogP contribution in [0, 0.1) is 0 Å². The molecule has 0 radical (unpaired) electrons. The van der Waals surface area contributed by atoms with Gasteiger partial charge in [-0.1, -0.05) is 220 Å². The summed E-state index contributed by atoms with van der Waals surface area (Å²) in [4.78, 5) is 10.5. The number of benzene rings is 10. The van der Waals surface area contributed by atoms with Crippen LogP contribution < -0.4 is 0 Å². The molecular formula is C61H42N2. The molecule has 0 unspecified atom stereocenters. The molecule has 1 aliphatic carbocycles. The molecule has 10 aromatic carbocycles. The summed E-state index contributed by atoms with van der Waals surface area (Å²) >= 11 is 0. The molecule has 63 heavy (non-hydrogen) atoms. The van der Waals surface area contributed by atoms with Gasteiger partial charge in [-0.05, 0) is 100 Å². The number of hydrogen-bond acceptors (Lipinski definition) is 2. The standard InChI is InChI=1S/C61H42N2/c1-61(2)55-22-11-10-19-51(55)53-21-12-20-50(59(53)61)42-25-27-43(28-26-42)56-38-57(63-60(62-56)46-33-23-40(24-34-46)39-13-4-3-5-14-39)44-29-31-45(32-30-44)58-49-18-9-7-16-47(49)37-54-48-17-8-6-15-41(48)35-36-52(54)58/h3-38H,1-2H3. The minimum Gasteiger partial charge on any atom is -0.228 e. The minimum absolute atomic E-state index is 0.0989. The molecule has 0 saturated heterocycles. The van der Waals surface area contributed by atoms with Crippen molar-refractivity contribution in [1.82, 2.24) is 9.97 Å². The number of nitrogens with zero attached hydrogens (tertiary/aromatic N) is 2. The third kappa shape index (κ3) is 6.17. The Balaban J connectivity index is 0.963. The normalized spacial score (nSPS) is 12.7. The summed E-state index contributed by atoms with van der Waals surface area (Å²) in [6.45, 7) is 4.70. The summed E-state index contributed by atoms with van der Waals surface area (Å²) in [6, 6.07) is 79.1. The number of fused-ring (bicyclic) bond motifs is 7. The highest BCUT2D eigenvalue weighted by atomic mass is 14.9. The molecule has 0 amide bonds. The van der Waals surface area contributed by atoms with E-state index >= 15 is 0 Å². The van der Waals surface area contributed by atoms with Gasteiger partial charge in [0, 0.05) is 22.1 Å². The summed E-state index contributed by atoms with van der Waals surface area (Å²) in [5.41, 5.74) is 17.4. The molecule has 296 valence electrons. The molecule has 0 saturated carbocycles. The Labute approximate surface area is 367 Å². The summed E-state index contributed by atoms with van der Waals surface area (Å²) in [6.07, 6.45) is 0. The molecule has 0 aliphatic heterocycles. The molecule has 2 heteroatoms. The van der Waals surface area contributed by atoms with E-state index in [0.717, 1.165) is 33.6 Å². The van der Waals surface area contributed by atoms with Crippen LogP contribution in [-0.2, 0) is 5.41 Å². The van der Waals surface area contributed by atoms with Crippen molar-refractivity contribution in [1.29, 1.82) is 0 Å². The highest BCUT2D eigenvalue weighted by Gasteiger charge is 2.37. The van der Waals surface area contributed by atoms with Crippen molar-refractivity contribution >= 4 is 32.3 Å². The maximum Gasteiger partial charge on any atom is 0.160 e. The minimum atomic E-state index is -0.0989. The predicted molar refractivity (Wildman–Crippen MR) is 265 cm³/mol. The summed E-state index contributed by atoms with van der Waals surface area (Å²) < 4.78 is 0. The lowest BCUT2D eigenvalue weighted by Crippen LogP contribution is -2.16. The van der Waals surface area contributed by atoms with Gasteiger partial charge in [-0.3, -0.25) is 0 Å². The number of aromatic nitrogens is 2. The van der Waals surface area contributed by atoms with E-state index in [9.17, 15) is 0 Å². The van der Waals surface area contributed by atoms with Crippen molar-refractivity contribution in [2.24, 2.45) is 0 Å². The highest BCUT2D eigenvalue weighted by Crippen LogP contribution is 2.52. The van der Waals surface area contributed by atoms with E-state index in [0.29, 0.717) is 5.82 Å². The smallest absolute Gasteiger partial charge is 0.160 e. The van der Waals surface area contributed by atoms with Gasteiger partial charge in [0.2, 0.25) is 0 Å². The molecule has 1 aliphatic rings. The van der Waals surface area contributed by atoms with Gasteiger partial charge in [-0.15, -0.1) is 0 Å². The van der Waals surface area contributed by atoms with Crippen molar-refractivity contribution in [3.63, 3.8) is 0 Å². The second-order valence-corrected chi connectivity index (χ2v) is 17.3. The molecule has 0 N–H and O–H groups in total. The Morgan fingerprint density at radius 1 is 0.317 bits per heavy atom. The molecule has 11 aromatic rings. The lowest BCUT2D eigenvalue weighted by molar-refractivity contribution is 0.662. The molecule has 1 heterocycles. The van der Waals surface area contributed by atoms with Crippen molar-refractivity contribution in [3.8, 4) is 78.4 Å². The van der Waals surface area contributed by atoms with Crippen LogP contribution in [0.1, 0.15) is 25.0 Å². The zero-order valence-electron chi connectivity index (χ0n) is 35.2. The van der Waals surface area contributed by atoms with Gasteiger partial charge in [-0.2, -0.15) is 0 Å². The molecule has 0 spiro atoms. The number of rotatable bonds is 6. The average molecular weight is 803 g/mol. The van der Waals surface area contributed by atoms with Crippen LogP contribution in [0.2, 0.25) is 0 Å². The topological polar surface area (TPSA) is 25.8 Å². The van der Waals surface area contributed by atoms with Crippen LogP contribution >= 0.6 is 0 Å². The van der Waals surface area contributed by atoms with Crippen molar-refractivity contribution in [2.45, 2.75) is 19.3 Å². The Morgan fingerprint density at radius 3 is 1.60 bits per heavy atom. The summed E-state index contributed by atoms with van der Waals surface area (Å²) in [7, 11) is 0. The summed E-state index contributed by atoms with van der Waals surface area (Å²) in [5.74, 6) is 0.697. The fourth-order valence-corrected chi connectivity index (χ4v) is 10.2. The van der Waals surface area contributed by atoms with Crippen LogP contribution in [0.5, 0.6) is 0 Å². The van der Waals surface area contributed by atoms with Gasteiger partial charge >= 0.3 is 0 Å². The molecule has 12 rings (SSSR count). The van der Waals surface area contributed by atoms with Crippen LogP contribution in [-0.4, -0.2) is 9.97 Å². The van der Waals surface area contributed by atoms with Gasteiger partial charge in [-0.25, -0.2) is 9.97 Å². The van der Waals surface area contributed by atoms with E-state index in [1.54, 1.807) is 0 Å². The Bertz CT molecular complexity index is 3550. The monoisotopic (exact) mass is 802 g/mol. The first-order valence-corrected chi connectivity index (χ1v) is 21.8. The van der Waals surface area contributed by atoms with E-state index in [-0.39, 0.29) is 5.41 Å². The first-order valence-electron chi connectivity index (χ1n) is 21.8. The van der Waals surface area contributed by atoms with Gasteiger partial charge in [0.25, 0.3) is 0 Å². The van der Waals surface area contributed by atoms with Crippen LogP contribution in [0.4, 0.5) is 0 Å². The fourth-order valence-electron chi connectivity index (χ4n) is 10.2. The first-order chi connectivity index (χ1) is 31.0. The molecule has 0 fully saturated rings. The van der Waals surface area contributed by atoms with Gasteiger partial charge < -0.3 is 0 Å². The largest absolute Gasteiger partial charge is 0.228 e. The van der Waals surface area contributed by atoms with Crippen LogP contribution in [0.3, 0.4) is 0 Å². The number of hydrogen-bond donors (Lipinski definition) is 0. The maximum absolute atomic E-state index is 5.27. The zero-order chi connectivity index (χ0) is 42.1. The van der Waals surface area contributed by atoms with E-state index in [4.69, 9.17) is 9.97 Å². The third-order valence-corrected chi connectivity index (χ3v) is 13.3. The lowest BCUT2D eigenvalue weighted by atomic mass is 9.79. The summed E-state index contributed by atoms with van der Waals surface area (Å²) in [5, 5.41) is 7.52. The van der Waals surface area contributed by atoms with Gasteiger partial charge in [0.05, 0.1) is 11.4 Å². The predicted octanol–water partition coefficient (Wildman–Crippen LogP) is 16.2. The van der Waals surface area contributed by atoms with Gasteiger partial charge in [0.1, 0.15) is 0 Å². The Hall–Kier alpha value is -7.94. The fraction of sp³-hybridized carbons (Fsp3) is 0.0492. The van der Waals surface area contributed by atoms with E-state index in [1.807, 2.05) is 0 Å². The maximum atomic E-state index is 5.27. The second-order valence-electron chi connectivity index (χ2n) is 17.3. The third-order valence-electron chi connectivity index (χ3n) is 13.3. The quantitative estimate of drug-likeness (QED) is 0.124. The molecular weight excluding hydrogens is 761 g/mol. The Morgan fingerprint density at radius 2 is 0.857 bits per heavy atom. The highest BCUT2D eigenvalue weighted by molar-refractivity contribution is 6.20. The van der Waals surface area contributed by atoms with Crippen molar-refractivity contribution in [2.75, 3.05) is 0 Å². The molecule has 1 aromatic heterocycles. The molecule has 2 nitrogen and oxygen atoms in total.